The van der Waals surface area contributed by atoms with E-state index in [1.807, 2.05) is 0 Å². The minimum absolute atomic E-state index is 0.658. The van der Waals surface area contributed by atoms with Gasteiger partial charge < -0.3 is 0 Å². The van der Waals surface area contributed by atoms with Crippen LogP contribution in [0.5, 0.6) is 0 Å². The molecule has 0 saturated carbocycles. The van der Waals surface area contributed by atoms with Gasteiger partial charge in [0.2, 0.25) is 0 Å². The first-order valence-electron chi connectivity index (χ1n) is 18.5. The van der Waals surface area contributed by atoms with Crippen LogP contribution in [0.15, 0.2) is 170 Å². The van der Waals surface area contributed by atoms with Crippen molar-refractivity contribution in [1.29, 1.82) is 0 Å². The third-order valence-corrected chi connectivity index (χ3v) is 11.8. The lowest BCUT2D eigenvalue weighted by Crippen LogP contribution is -2.49. The molecule has 52 heavy (non-hydrogen) atoms. The Bertz CT molecular complexity index is 2550. The topological polar surface area (TPSA) is 0 Å². The average molecular weight is 667 g/mol. The van der Waals surface area contributed by atoms with Crippen LogP contribution in [-0.4, -0.2) is 0 Å². The van der Waals surface area contributed by atoms with E-state index in [1.165, 1.54) is 88.0 Å². The lowest BCUT2D eigenvalue weighted by atomic mass is 9.50. The van der Waals surface area contributed by atoms with Gasteiger partial charge in [0.25, 0.3) is 0 Å². The lowest BCUT2D eigenvalue weighted by Gasteiger charge is -2.50. The minimum Gasteiger partial charge on any atom is -0.0871 e. The monoisotopic (exact) mass is 666 g/mol. The predicted molar refractivity (Wildman–Crippen MR) is 223 cm³/mol. The van der Waals surface area contributed by atoms with Crippen LogP contribution in [0.1, 0.15) is 69.5 Å². The average Bonchev–Trinajstić information content (AvgIpc) is 3.45. The van der Waals surface area contributed by atoms with Crippen LogP contribution in [0.4, 0.5) is 0 Å². The van der Waals surface area contributed by atoms with E-state index in [0.29, 0.717) is 0 Å². The summed E-state index contributed by atoms with van der Waals surface area (Å²) in [6.07, 6.45) is 8.87. The summed E-state index contributed by atoms with van der Waals surface area (Å²) in [7, 11) is 0. The van der Waals surface area contributed by atoms with Crippen molar-refractivity contribution >= 4 is 44.5 Å². The highest BCUT2D eigenvalue weighted by atomic mass is 14.6. The van der Waals surface area contributed by atoms with Gasteiger partial charge in [0.15, 0.2) is 0 Å². The molecule has 0 amide bonds. The third-order valence-electron chi connectivity index (χ3n) is 11.8. The second-order valence-electron chi connectivity index (χ2n) is 14.5. The molecule has 0 heterocycles. The molecule has 9 rings (SSSR count). The maximum atomic E-state index is 2.48. The Labute approximate surface area is 307 Å². The van der Waals surface area contributed by atoms with Gasteiger partial charge in [-0.05, 0) is 128 Å². The van der Waals surface area contributed by atoms with Crippen molar-refractivity contribution in [1.82, 2.24) is 0 Å². The summed E-state index contributed by atoms with van der Waals surface area (Å²) in [6.45, 7) is 8.69. The fourth-order valence-electron chi connectivity index (χ4n) is 9.50. The SMILES string of the molecule is C/C=C\c1cc(C2(c3ccc4ccccc4c3)c3cccc4cccc(c34)C2(c2ccc(C)c(/C=C\C)c2)c2ccc3ccccc3c2)ccc1C. The number of fused-ring (bicyclic) bond motifs is 2. The molecule has 0 N–H and O–H groups in total. The normalized spacial score (nSPS) is 18.4. The lowest BCUT2D eigenvalue weighted by molar-refractivity contribution is 0.443. The van der Waals surface area contributed by atoms with Crippen LogP contribution in [0, 0.1) is 13.8 Å². The molecule has 0 saturated heterocycles. The van der Waals surface area contributed by atoms with Crippen molar-refractivity contribution in [3.8, 4) is 0 Å². The van der Waals surface area contributed by atoms with Gasteiger partial charge in [-0.3, -0.25) is 0 Å². The van der Waals surface area contributed by atoms with E-state index in [-0.39, 0.29) is 0 Å². The first-order chi connectivity index (χ1) is 25.5. The third kappa shape index (κ3) is 4.47. The highest BCUT2D eigenvalue weighted by Crippen LogP contribution is 2.66. The number of rotatable bonds is 6. The molecule has 8 aromatic carbocycles. The van der Waals surface area contributed by atoms with Crippen molar-refractivity contribution < 1.29 is 0 Å². The van der Waals surface area contributed by atoms with Crippen molar-refractivity contribution in [3.05, 3.63) is 226 Å². The summed E-state index contributed by atoms with van der Waals surface area (Å²) in [5, 5.41) is 7.59. The molecule has 8 aromatic rings. The second kappa shape index (κ2) is 12.4. The van der Waals surface area contributed by atoms with Crippen molar-refractivity contribution in [2.75, 3.05) is 0 Å². The largest absolute Gasteiger partial charge is 0.0871 e. The van der Waals surface area contributed by atoms with Crippen molar-refractivity contribution in [3.63, 3.8) is 0 Å². The van der Waals surface area contributed by atoms with Gasteiger partial charge in [0, 0.05) is 0 Å². The minimum atomic E-state index is -0.658. The predicted octanol–water partition coefficient (Wildman–Crippen LogP) is 13.5. The molecule has 0 fully saturated rings. The van der Waals surface area contributed by atoms with E-state index < -0.39 is 10.8 Å². The van der Waals surface area contributed by atoms with Crippen LogP contribution in [-0.2, 0) is 10.8 Å². The van der Waals surface area contributed by atoms with Gasteiger partial charge in [-0.15, -0.1) is 0 Å². The van der Waals surface area contributed by atoms with E-state index in [4.69, 9.17) is 0 Å². The van der Waals surface area contributed by atoms with Gasteiger partial charge in [-0.1, -0.05) is 170 Å². The quantitative estimate of drug-likeness (QED) is 0.166. The van der Waals surface area contributed by atoms with Gasteiger partial charge in [-0.2, -0.15) is 0 Å². The first kappa shape index (κ1) is 32.0. The molecular formula is C52H42. The molecule has 1 aliphatic rings. The maximum absolute atomic E-state index is 2.48. The van der Waals surface area contributed by atoms with Crippen LogP contribution in [0.3, 0.4) is 0 Å². The van der Waals surface area contributed by atoms with Gasteiger partial charge >= 0.3 is 0 Å². The molecule has 0 bridgehead atoms. The highest BCUT2D eigenvalue weighted by Gasteiger charge is 2.62. The van der Waals surface area contributed by atoms with Gasteiger partial charge in [0.05, 0.1) is 10.8 Å². The Balaban J connectivity index is 1.58. The maximum Gasteiger partial charge on any atom is 0.0636 e. The zero-order valence-corrected chi connectivity index (χ0v) is 30.3. The zero-order chi connectivity index (χ0) is 35.5. The van der Waals surface area contributed by atoms with Crippen LogP contribution in [0.2, 0.25) is 0 Å². The van der Waals surface area contributed by atoms with Crippen molar-refractivity contribution in [2.24, 2.45) is 0 Å². The van der Waals surface area contributed by atoms with Gasteiger partial charge in [-0.25, -0.2) is 0 Å². The molecule has 1 aliphatic carbocycles. The number of allylic oxidation sites excluding steroid dienone is 2. The Hall–Kier alpha value is -5.98. The van der Waals surface area contributed by atoms with E-state index in [0.717, 1.165) is 0 Å². The molecule has 2 unspecified atom stereocenters. The Morgan fingerprint density at radius 2 is 0.750 bits per heavy atom. The number of hydrogen-bond acceptors (Lipinski definition) is 0. The van der Waals surface area contributed by atoms with Crippen LogP contribution < -0.4 is 0 Å². The van der Waals surface area contributed by atoms with Crippen LogP contribution in [0.25, 0.3) is 44.5 Å². The smallest absolute Gasteiger partial charge is 0.0636 e. The molecule has 0 spiro atoms. The fraction of sp³-hybridized carbons (Fsp3) is 0.115. The first-order valence-corrected chi connectivity index (χ1v) is 18.5. The standard InChI is InChI=1S/C52H42/c1-5-13-40-31-44(27-23-35(40)3)51(46-29-25-37-15-7-9-17-42(37)33-46)48-21-11-19-39-20-12-22-49(50(39)48)52(51,45-28-24-36(4)41(32-45)14-6-2)47-30-26-38-16-8-10-18-43(38)34-47/h5-34H,1-4H3/b13-5-,14-6-. The molecule has 0 aliphatic heterocycles. The van der Waals surface area contributed by atoms with E-state index in [2.05, 4.69) is 210 Å². The van der Waals surface area contributed by atoms with E-state index in [1.54, 1.807) is 0 Å². The summed E-state index contributed by atoms with van der Waals surface area (Å²) < 4.78 is 0. The Morgan fingerprint density at radius 3 is 1.19 bits per heavy atom. The molecule has 2 atom stereocenters. The Kier molecular flexibility index (Phi) is 7.60. The Morgan fingerprint density at radius 1 is 0.365 bits per heavy atom. The number of hydrogen-bond donors (Lipinski definition) is 0. The molecule has 0 aromatic heterocycles. The summed E-state index contributed by atoms with van der Waals surface area (Å²) in [6, 6.07) is 60.5. The summed E-state index contributed by atoms with van der Waals surface area (Å²) >= 11 is 0. The fourth-order valence-corrected chi connectivity index (χ4v) is 9.50. The number of aryl methyl sites for hydroxylation is 2. The second-order valence-corrected chi connectivity index (χ2v) is 14.5. The molecule has 0 heteroatoms. The van der Waals surface area contributed by atoms with E-state index in [9.17, 15) is 0 Å². The van der Waals surface area contributed by atoms with Crippen LogP contribution >= 0.6 is 0 Å². The zero-order valence-electron chi connectivity index (χ0n) is 30.3. The molecular weight excluding hydrogens is 625 g/mol. The molecule has 0 nitrogen and oxygen atoms in total. The number of benzene rings is 8. The summed E-state index contributed by atoms with van der Waals surface area (Å²) in [4.78, 5) is 0. The summed E-state index contributed by atoms with van der Waals surface area (Å²) in [5.41, 5.74) is 11.5. The molecule has 0 radical (unpaired) electrons. The van der Waals surface area contributed by atoms with Crippen molar-refractivity contribution in [2.45, 2.75) is 38.5 Å². The van der Waals surface area contributed by atoms with Gasteiger partial charge in [0.1, 0.15) is 0 Å². The molecule has 250 valence electrons. The summed E-state index contributed by atoms with van der Waals surface area (Å²) in [5.74, 6) is 0. The van der Waals surface area contributed by atoms with E-state index >= 15 is 0 Å². The highest BCUT2D eigenvalue weighted by molar-refractivity contribution is 6.00.